The molecule has 0 saturated carbocycles. The van der Waals surface area contributed by atoms with Gasteiger partial charge >= 0.3 is 0 Å². The lowest BCUT2D eigenvalue weighted by Gasteiger charge is -2.27. The summed E-state index contributed by atoms with van der Waals surface area (Å²) in [5.74, 6) is 0.889. The molecule has 0 radical (unpaired) electrons. The maximum absolute atomic E-state index is 5.98. The summed E-state index contributed by atoms with van der Waals surface area (Å²) in [6.45, 7) is 3.97. The molecular formula is C17H23N3O. The smallest absolute Gasteiger partial charge is 0.119 e. The lowest BCUT2D eigenvalue weighted by Crippen LogP contribution is -2.30. The minimum Gasteiger partial charge on any atom is -0.494 e. The summed E-state index contributed by atoms with van der Waals surface area (Å²) in [5.41, 5.74) is 8.19. The van der Waals surface area contributed by atoms with E-state index in [0.29, 0.717) is 13.2 Å². The van der Waals surface area contributed by atoms with Gasteiger partial charge in [-0.25, -0.2) is 0 Å². The fourth-order valence-corrected chi connectivity index (χ4v) is 2.41. The van der Waals surface area contributed by atoms with Crippen LogP contribution in [0, 0.1) is 0 Å². The van der Waals surface area contributed by atoms with Gasteiger partial charge in [-0.1, -0.05) is 18.2 Å². The summed E-state index contributed by atoms with van der Waals surface area (Å²) in [5, 5.41) is 0. The molecule has 112 valence electrons. The topological polar surface area (TPSA) is 51.4 Å². The van der Waals surface area contributed by atoms with Crippen LogP contribution in [0.15, 0.2) is 48.7 Å². The predicted octanol–water partition coefficient (Wildman–Crippen LogP) is 2.61. The first-order chi connectivity index (χ1) is 10.2. The first-order valence-corrected chi connectivity index (χ1v) is 7.27. The molecule has 0 fully saturated rings. The van der Waals surface area contributed by atoms with Gasteiger partial charge in [0.05, 0.1) is 12.3 Å². The zero-order valence-corrected chi connectivity index (χ0v) is 12.7. The summed E-state index contributed by atoms with van der Waals surface area (Å²) in [6, 6.07) is 14.2. The van der Waals surface area contributed by atoms with Crippen LogP contribution in [-0.2, 0) is 6.54 Å². The van der Waals surface area contributed by atoms with Crippen molar-refractivity contribution >= 4 is 0 Å². The zero-order chi connectivity index (χ0) is 15.1. The van der Waals surface area contributed by atoms with Crippen molar-refractivity contribution in [1.29, 1.82) is 0 Å². The molecule has 0 bridgehead atoms. The Morgan fingerprint density at radius 2 is 2.10 bits per heavy atom. The molecule has 0 aliphatic heterocycles. The van der Waals surface area contributed by atoms with E-state index in [4.69, 9.17) is 10.5 Å². The average molecular weight is 285 g/mol. The molecule has 4 nitrogen and oxygen atoms in total. The van der Waals surface area contributed by atoms with Crippen LogP contribution in [0.2, 0.25) is 0 Å². The number of aromatic nitrogens is 1. The molecule has 0 aliphatic rings. The summed E-state index contributed by atoms with van der Waals surface area (Å²) in [6.07, 6.45) is 1.82. The quantitative estimate of drug-likeness (QED) is 0.849. The largest absolute Gasteiger partial charge is 0.494 e. The molecule has 21 heavy (non-hydrogen) atoms. The van der Waals surface area contributed by atoms with Gasteiger partial charge in [-0.2, -0.15) is 0 Å². The Morgan fingerprint density at radius 3 is 2.76 bits per heavy atom. The van der Waals surface area contributed by atoms with Gasteiger partial charge in [-0.3, -0.25) is 9.88 Å². The highest BCUT2D eigenvalue weighted by Gasteiger charge is 2.16. The number of hydrogen-bond donors (Lipinski definition) is 1. The third-order valence-corrected chi connectivity index (χ3v) is 3.45. The Hall–Kier alpha value is -1.91. The number of nitrogens with zero attached hydrogens (tertiary/aromatic N) is 2. The van der Waals surface area contributed by atoms with Crippen LogP contribution in [0.1, 0.15) is 24.2 Å². The Balaban J connectivity index is 2.12. The first kappa shape index (κ1) is 15.5. The maximum atomic E-state index is 5.98. The van der Waals surface area contributed by atoms with E-state index in [0.717, 1.165) is 18.0 Å². The van der Waals surface area contributed by atoms with Crippen LogP contribution in [-0.4, -0.2) is 30.1 Å². The lowest BCUT2D eigenvalue weighted by atomic mass is 10.1. The van der Waals surface area contributed by atoms with Gasteiger partial charge in [0.1, 0.15) is 5.75 Å². The van der Waals surface area contributed by atoms with Gasteiger partial charge in [0, 0.05) is 25.3 Å². The Bertz CT molecular complexity index is 545. The molecular weight excluding hydrogens is 262 g/mol. The molecule has 1 unspecified atom stereocenters. The molecule has 0 saturated heterocycles. The van der Waals surface area contributed by atoms with Gasteiger partial charge in [0.15, 0.2) is 0 Å². The number of benzene rings is 1. The van der Waals surface area contributed by atoms with Crippen LogP contribution in [0.4, 0.5) is 0 Å². The van der Waals surface area contributed by atoms with Crippen molar-refractivity contribution in [2.45, 2.75) is 19.5 Å². The van der Waals surface area contributed by atoms with Gasteiger partial charge in [-0.05, 0) is 43.8 Å². The molecule has 0 spiro atoms. The second-order valence-corrected chi connectivity index (χ2v) is 4.99. The van der Waals surface area contributed by atoms with Crippen LogP contribution >= 0.6 is 0 Å². The SMILES string of the molecule is CCOc1cccc(C(CN)N(C)Cc2ccccn2)c1. The third kappa shape index (κ3) is 4.28. The third-order valence-electron chi connectivity index (χ3n) is 3.45. The van der Waals surface area contributed by atoms with Crippen LogP contribution < -0.4 is 10.5 Å². The Kier molecular flexibility index (Phi) is 5.72. The van der Waals surface area contributed by atoms with Crippen molar-refractivity contribution in [2.75, 3.05) is 20.2 Å². The second-order valence-electron chi connectivity index (χ2n) is 4.99. The van der Waals surface area contributed by atoms with Crippen molar-refractivity contribution in [3.05, 3.63) is 59.9 Å². The van der Waals surface area contributed by atoms with Gasteiger partial charge < -0.3 is 10.5 Å². The predicted molar refractivity (Wildman–Crippen MR) is 85.1 cm³/mol. The van der Waals surface area contributed by atoms with Gasteiger partial charge in [-0.15, -0.1) is 0 Å². The zero-order valence-electron chi connectivity index (χ0n) is 12.7. The molecule has 2 rings (SSSR count). The molecule has 1 aromatic carbocycles. The highest BCUT2D eigenvalue weighted by Crippen LogP contribution is 2.23. The highest BCUT2D eigenvalue weighted by molar-refractivity contribution is 5.31. The molecule has 0 amide bonds. The highest BCUT2D eigenvalue weighted by atomic mass is 16.5. The monoisotopic (exact) mass is 285 g/mol. The number of hydrogen-bond acceptors (Lipinski definition) is 4. The lowest BCUT2D eigenvalue weighted by molar-refractivity contribution is 0.238. The number of rotatable bonds is 7. The van der Waals surface area contributed by atoms with E-state index < -0.39 is 0 Å². The van der Waals surface area contributed by atoms with E-state index >= 15 is 0 Å². The Morgan fingerprint density at radius 1 is 1.24 bits per heavy atom. The van der Waals surface area contributed by atoms with E-state index in [1.54, 1.807) is 0 Å². The summed E-state index contributed by atoms with van der Waals surface area (Å²) < 4.78 is 5.57. The van der Waals surface area contributed by atoms with E-state index in [1.807, 2.05) is 43.5 Å². The summed E-state index contributed by atoms with van der Waals surface area (Å²) in [7, 11) is 2.07. The van der Waals surface area contributed by atoms with E-state index in [1.165, 1.54) is 5.56 Å². The van der Waals surface area contributed by atoms with E-state index in [2.05, 4.69) is 29.1 Å². The number of ether oxygens (including phenoxy) is 1. The summed E-state index contributed by atoms with van der Waals surface area (Å²) >= 11 is 0. The van der Waals surface area contributed by atoms with E-state index in [9.17, 15) is 0 Å². The normalized spacial score (nSPS) is 12.4. The van der Waals surface area contributed by atoms with E-state index in [-0.39, 0.29) is 6.04 Å². The molecule has 4 heteroatoms. The maximum Gasteiger partial charge on any atom is 0.119 e. The first-order valence-electron chi connectivity index (χ1n) is 7.27. The number of nitrogens with two attached hydrogens (primary N) is 1. The molecule has 1 atom stereocenters. The number of pyridine rings is 1. The molecule has 1 aromatic heterocycles. The van der Waals surface area contributed by atoms with Gasteiger partial charge in [0.25, 0.3) is 0 Å². The average Bonchev–Trinajstić information content (AvgIpc) is 2.50. The van der Waals surface area contributed by atoms with Crippen molar-refractivity contribution in [3.63, 3.8) is 0 Å². The molecule has 2 aromatic rings. The molecule has 2 N–H and O–H groups in total. The molecule has 1 heterocycles. The number of likely N-dealkylation sites (N-methyl/N-ethyl adjacent to an activating group) is 1. The second kappa shape index (κ2) is 7.76. The van der Waals surface area contributed by atoms with Crippen molar-refractivity contribution in [1.82, 2.24) is 9.88 Å². The Labute approximate surface area is 126 Å². The standard InChI is InChI=1S/C17H23N3O/c1-3-21-16-9-6-7-14(11-16)17(12-18)20(2)13-15-8-4-5-10-19-15/h4-11,17H,3,12-13,18H2,1-2H3. The summed E-state index contributed by atoms with van der Waals surface area (Å²) in [4.78, 5) is 6.58. The van der Waals surface area contributed by atoms with Crippen molar-refractivity contribution in [3.8, 4) is 5.75 Å². The van der Waals surface area contributed by atoms with Crippen LogP contribution in [0.25, 0.3) is 0 Å². The van der Waals surface area contributed by atoms with Crippen molar-refractivity contribution in [2.24, 2.45) is 5.73 Å². The molecule has 0 aliphatic carbocycles. The van der Waals surface area contributed by atoms with Crippen LogP contribution in [0.5, 0.6) is 5.75 Å². The minimum atomic E-state index is 0.146. The van der Waals surface area contributed by atoms with Gasteiger partial charge in [0.2, 0.25) is 0 Å². The van der Waals surface area contributed by atoms with Crippen LogP contribution in [0.3, 0.4) is 0 Å². The fraction of sp³-hybridized carbons (Fsp3) is 0.353. The fourth-order valence-electron chi connectivity index (χ4n) is 2.41. The van der Waals surface area contributed by atoms with Crippen molar-refractivity contribution < 1.29 is 4.74 Å². The minimum absolute atomic E-state index is 0.146.